The Morgan fingerprint density at radius 1 is 0.826 bits per heavy atom. The van der Waals surface area contributed by atoms with Crippen LogP contribution >= 0.6 is 0 Å². The van der Waals surface area contributed by atoms with Crippen molar-refractivity contribution in [3.8, 4) is 0 Å². The van der Waals surface area contributed by atoms with E-state index in [0.29, 0.717) is 18.1 Å². The second-order valence-electron chi connectivity index (χ2n) is 9.58. The molecule has 0 amide bonds. The van der Waals surface area contributed by atoms with Gasteiger partial charge in [-0.25, -0.2) is 0 Å². The van der Waals surface area contributed by atoms with Gasteiger partial charge in [0.2, 0.25) is 0 Å². The van der Waals surface area contributed by atoms with E-state index < -0.39 is 0 Å². The molecule has 0 unspecified atom stereocenters. The van der Waals surface area contributed by atoms with E-state index >= 15 is 0 Å². The van der Waals surface area contributed by atoms with Gasteiger partial charge in [-0.15, -0.1) is 0 Å². The fourth-order valence-electron chi connectivity index (χ4n) is 4.27. The molecule has 0 radical (unpaired) electrons. The van der Waals surface area contributed by atoms with Gasteiger partial charge in [0.15, 0.2) is 0 Å². The van der Waals surface area contributed by atoms with Gasteiger partial charge in [0, 0.05) is 35.7 Å². The molecule has 0 aromatic rings. The molecule has 136 valence electrons. The first-order valence-corrected chi connectivity index (χ1v) is 9.66. The number of nitrogens with zero attached hydrogens (tertiary/aromatic N) is 1. The molecule has 4 nitrogen and oxygen atoms in total. The van der Waals surface area contributed by atoms with Crippen LogP contribution in [-0.4, -0.2) is 53.7 Å². The number of nitrogens with one attached hydrogen (secondary N) is 2. The van der Waals surface area contributed by atoms with Crippen molar-refractivity contribution in [3.63, 3.8) is 0 Å². The van der Waals surface area contributed by atoms with Crippen LogP contribution in [0.5, 0.6) is 0 Å². The molecule has 2 fully saturated rings. The number of nitrogens with two attached hydrogens (primary N) is 1. The fraction of sp³-hybridized carbons (Fsp3) is 1.00. The SMILES string of the molecule is CC(C)(C)NC1CCN(CC(C)(C)NC2CCC(N)CC2)CC1. The molecule has 4 N–H and O–H groups in total. The van der Waals surface area contributed by atoms with Crippen LogP contribution in [0.15, 0.2) is 0 Å². The van der Waals surface area contributed by atoms with Crippen LogP contribution in [0.25, 0.3) is 0 Å². The van der Waals surface area contributed by atoms with Crippen LogP contribution in [0.4, 0.5) is 0 Å². The molecule has 1 saturated carbocycles. The molecule has 1 aliphatic heterocycles. The summed E-state index contributed by atoms with van der Waals surface area (Å²) >= 11 is 0. The van der Waals surface area contributed by atoms with Crippen molar-refractivity contribution >= 4 is 0 Å². The average molecular weight is 325 g/mol. The summed E-state index contributed by atoms with van der Waals surface area (Å²) in [5, 5.41) is 7.66. The summed E-state index contributed by atoms with van der Waals surface area (Å²) in [5.74, 6) is 0. The Morgan fingerprint density at radius 2 is 1.35 bits per heavy atom. The van der Waals surface area contributed by atoms with Crippen molar-refractivity contribution < 1.29 is 0 Å². The normalized spacial score (nSPS) is 29.0. The second kappa shape index (κ2) is 7.81. The van der Waals surface area contributed by atoms with Crippen molar-refractivity contribution in [1.82, 2.24) is 15.5 Å². The Bertz CT molecular complexity index is 345. The van der Waals surface area contributed by atoms with Crippen molar-refractivity contribution in [3.05, 3.63) is 0 Å². The number of hydrogen-bond acceptors (Lipinski definition) is 4. The van der Waals surface area contributed by atoms with Crippen LogP contribution < -0.4 is 16.4 Å². The van der Waals surface area contributed by atoms with Gasteiger partial charge in [-0.1, -0.05) is 0 Å². The Kier molecular flexibility index (Phi) is 6.51. The Labute approximate surface area is 143 Å². The standard InChI is InChI=1S/C19H40N4/c1-18(2,3)21-17-10-12-23(13-11-17)14-19(4,5)22-16-8-6-15(20)7-9-16/h15-17,21-22H,6-14,20H2,1-5H3. The average Bonchev–Trinajstić information content (AvgIpc) is 2.41. The van der Waals surface area contributed by atoms with E-state index in [1.54, 1.807) is 0 Å². The van der Waals surface area contributed by atoms with E-state index in [2.05, 4.69) is 50.2 Å². The minimum atomic E-state index is 0.191. The molecule has 2 aliphatic rings. The van der Waals surface area contributed by atoms with Crippen molar-refractivity contribution in [1.29, 1.82) is 0 Å². The van der Waals surface area contributed by atoms with Crippen LogP contribution in [-0.2, 0) is 0 Å². The smallest absolute Gasteiger partial charge is 0.0254 e. The first-order chi connectivity index (χ1) is 10.6. The highest BCUT2D eigenvalue weighted by atomic mass is 15.2. The highest BCUT2D eigenvalue weighted by Gasteiger charge is 2.29. The molecule has 0 aromatic carbocycles. The zero-order valence-electron chi connectivity index (χ0n) is 16.1. The number of rotatable bonds is 5. The van der Waals surface area contributed by atoms with Crippen LogP contribution in [0.2, 0.25) is 0 Å². The monoisotopic (exact) mass is 324 g/mol. The van der Waals surface area contributed by atoms with Gasteiger partial charge in [0.25, 0.3) is 0 Å². The minimum Gasteiger partial charge on any atom is -0.328 e. The van der Waals surface area contributed by atoms with Gasteiger partial charge in [-0.3, -0.25) is 0 Å². The molecule has 0 aromatic heterocycles. The fourth-order valence-corrected chi connectivity index (χ4v) is 4.27. The largest absolute Gasteiger partial charge is 0.328 e. The second-order valence-corrected chi connectivity index (χ2v) is 9.58. The van der Waals surface area contributed by atoms with Gasteiger partial charge in [0.05, 0.1) is 0 Å². The van der Waals surface area contributed by atoms with Crippen LogP contribution in [0.3, 0.4) is 0 Å². The Balaban J connectivity index is 1.72. The maximum absolute atomic E-state index is 6.02. The van der Waals surface area contributed by atoms with Gasteiger partial charge >= 0.3 is 0 Å². The summed E-state index contributed by atoms with van der Waals surface area (Å²) < 4.78 is 0. The van der Waals surface area contributed by atoms with Crippen LogP contribution in [0, 0.1) is 0 Å². The number of likely N-dealkylation sites (tertiary alicyclic amines) is 1. The first-order valence-electron chi connectivity index (χ1n) is 9.66. The topological polar surface area (TPSA) is 53.3 Å². The van der Waals surface area contributed by atoms with Crippen molar-refractivity contribution in [2.45, 2.75) is 102 Å². The van der Waals surface area contributed by atoms with E-state index in [-0.39, 0.29) is 11.1 Å². The van der Waals surface area contributed by atoms with Gasteiger partial charge in [-0.05, 0) is 86.2 Å². The molecule has 4 heteroatoms. The number of hydrogen-bond donors (Lipinski definition) is 3. The third-order valence-corrected chi connectivity index (χ3v) is 5.21. The third kappa shape index (κ3) is 7.08. The summed E-state index contributed by atoms with van der Waals surface area (Å²) in [6.45, 7) is 15.1. The van der Waals surface area contributed by atoms with E-state index in [9.17, 15) is 0 Å². The lowest BCUT2D eigenvalue weighted by Crippen LogP contribution is -2.56. The summed E-state index contributed by atoms with van der Waals surface area (Å²) in [4.78, 5) is 2.64. The highest BCUT2D eigenvalue weighted by molar-refractivity contribution is 4.91. The van der Waals surface area contributed by atoms with E-state index in [1.807, 2.05) is 0 Å². The summed E-state index contributed by atoms with van der Waals surface area (Å²) in [6, 6.07) is 1.78. The molecule has 1 heterocycles. The Hall–Kier alpha value is -0.160. The summed E-state index contributed by atoms with van der Waals surface area (Å²) in [7, 11) is 0. The lowest BCUT2D eigenvalue weighted by Gasteiger charge is -2.42. The van der Waals surface area contributed by atoms with Gasteiger partial charge < -0.3 is 21.3 Å². The van der Waals surface area contributed by atoms with Crippen LogP contribution in [0.1, 0.15) is 73.1 Å². The van der Waals surface area contributed by atoms with Crippen molar-refractivity contribution in [2.24, 2.45) is 5.73 Å². The van der Waals surface area contributed by atoms with Crippen molar-refractivity contribution in [2.75, 3.05) is 19.6 Å². The summed E-state index contributed by atoms with van der Waals surface area (Å²) in [5.41, 5.74) is 6.45. The predicted molar refractivity (Wildman–Crippen MR) is 99.8 cm³/mol. The molecule has 0 bridgehead atoms. The molecule has 0 atom stereocenters. The molecule has 23 heavy (non-hydrogen) atoms. The zero-order chi connectivity index (χ0) is 17.1. The lowest BCUT2D eigenvalue weighted by atomic mass is 9.89. The lowest BCUT2D eigenvalue weighted by molar-refractivity contribution is 0.134. The first kappa shape index (κ1) is 19.2. The maximum atomic E-state index is 6.02. The molecular formula is C19H40N4. The Morgan fingerprint density at radius 3 is 1.87 bits per heavy atom. The quantitative estimate of drug-likeness (QED) is 0.727. The third-order valence-electron chi connectivity index (χ3n) is 5.21. The summed E-state index contributed by atoms with van der Waals surface area (Å²) in [6.07, 6.45) is 7.37. The van der Waals surface area contributed by atoms with Gasteiger partial charge in [0.1, 0.15) is 0 Å². The minimum absolute atomic E-state index is 0.191. The predicted octanol–water partition coefficient (Wildman–Crippen LogP) is 2.48. The molecule has 1 aliphatic carbocycles. The van der Waals surface area contributed by atoms with Gasteiger partial charge in [-0.2, -0.15) is 0 Å². The zero-order valence-corrected chi connectivity index (χ0v) is 16.1. The molecule has 2 rings (SSSR count). The molecule has 1 saturated heterocycles. The highest BCUT2D eigenvalue weighted by Crippen LogP contribution is 2.21. The molecular weight excluding hydrogens is 284 g/mol. The van der Waals surface area contributed by atoms with E-state index in [1.165, 1.54) is 51.6 Å². The molecule has 0 spiro atoms. The van der Waals surface area contributed by atoms with E-state index in [0.717, 1.165) is 6.54 Å². The number of piperidine rings is 1. The maximum Gasteiger partial charge on any atom is 0.0254 e. The van der Waals surface area contributed by atoms with E-state index in [4.69, 9.17) is 5.73 Å².